The van der Waals surface area contributed by atoms with E-state index in [0.717, 1.165) is 0 Å². The zero-order valence-electron chi connectivity index (χ0n) is 20.2. The third kappa shape index (κ3) is 7.59. The number of nitrogens with one attached hydrogen (secondary N) is 1. The summed E-state index contributed by atoms with van der Waals surface area (Å²) < 4.78 is 41.1. The maximum Gasteiger partial charge on any atom is 0.414 e. The second kappa shape index (κ2) is 12.6. The van der Waals surface area contributed by atoms with Crippen LogP contribution in [0.2, 0.25) is 0 Å². The van der Waals surface area contributed by atoms with Crippen LogP contribution in [-0.2, 0) is 29.9 Å². The number of sulfone groups is 1. The summed E-state index contributed by atoms with van der Waals surface area (Å²) in [5, 5.41) is 9.74. The van der Waals surface area contributed by atoms with Crippen LogP contribution in [0.25, 0.3) is 0 Å². The van der Waals surface area contributed by atoms with Gasteiger partial charge in [-0.2, -0.15) is 0 Å². The van der Waals surface area contributed by atoms with Gasteiger partial charge in [-0.3, -0.25) is 14.4 Å². The Hall–Kier alpha value is -3.32. The van der Waals surface area contributed by atoms with Crippen LogP contribution < -0.4 is 10.1 Å². The number of methoxy groups -OCH3 is 1. The SMILES string of the molecule is CCC(NC(=O)C(CC(=O)N1CCOCC1)CS(=O)(=O)Cc1ccccc1)C(=O)c1nnc(OC)o1. The van der Waals surface area contributed by atoms with Crippen molar-refractivity contribution in [2.45, 2.75) is 31.6 Å². The van der Waals surface area contributed by atoms with Crippen LogP contribution >= 0.6 is 0 Å². The third-order valence-electron chi connectivity index (χ3n) is 5.67. The third-order valence-corrected chi connectivity index (χ3v) is 7.36. The summed E-state index contributed by atoms with van der Waals surface area (Å²) in [6, 6.07) is 7.52. The molecule has 2 atom stereocenters. The van der Waals surface area contributed by atoms with Crippen molar-refractivity contribution in [3.63, 3.8) is 0 Å². The monoisotopic (exact) mass is 522 g/mol. The van der Waals surface area contributed by atoms with Crippen LogP contribution in [0, 0.1) is 5.92 Å². The molecule has 196 valence electrons. The van der Waals surface area contributed by atoms with E-state index in [-0.39, 0.29) is 36.5 Å². The number of rotatable bonds is 12. The Bertz CT molecular complexity index is 1150. The van der Waals surface area contributed by atoms with Crippen LogP contribution in [-0.4, -0.2) is 86.3 Å². The molecule has 36 heavy (non-hydrogen) atoms. The molecule has 0 saturated carbocycles. The molecule has 1 aliphatic rings. The van der Waals surface area contributed by atoms with Gasteiger partial charge >= 0.3 is 6.08 Å². The van der Waals surface area contributed by atoms with Crippen molar-refractivity contribution < 1.29 is 36.7 Å². The molecule has 2 amide bonds. The first-order chi connectivity index (χ1) is 17.2. The molecule has 0 bridgehead atoms. The summed E-state index contributed by atoms with van der Waals surface area (Å²) in [6.45, 7) is 3.12. The number of ketones is 1. The van der Waals surface area contributed by atoms with Crippen molar-refractivity contribution in [2.75, 3.05) is 39.2 Å². The van der Waals surface area contributed by atoms with Gasteiger partial charge in [-0.15, -0.1) is 5.10 Å². The first-order valence-electron chi connectivity index (χ1n) is 11.5. The topological polar surface area (TPSA) is 158 Å². The van der Waals surface area contributed by atoms with E-state index in [1.54, 1.807) is 42.2 Å². The predicted octanol–water partition coefficient (Wildman–Crippen LogP) is 0.636. The number of hydrogen-bond acceptors (Lipinski definition) is 10. The summed E-state index contributed by atoms with van der Waals surface area (Å²) in [7, 11) is -2.47. The molecule has 12 nitrogen and oxygen atoms in total. The molecule has 1 N–H and O–H groups in total. The lowest BCUT2D eigenvalue weighted by atomic mass is 10.0. The van der Waals surface area contributed by atoms with Crippen molar-refractivity contribution in [1.82, 2.24) is 20.4 Å². The Morgan fingerprint density at radius 2 is 1.83 bits per heavy atom. The highest BCUT2D eigenvalue weighted by molar-refractivity contribution is 7.90. The molecule has 0 radical (unpaired) electrons. The smallest absolute Gasteiger partial charge is 0.414 e. The number of nitrogens with zero attached hydrogens (tertiary/aromatic N) is 3. The van der Waals surface area contributed by atoms with Gasteiger partial charge in [-0.05, 0) is 12.0 Å². The zero-order chi connectivity index (χ0) is 26.1. The van der Waals surface area contributed by atoms with Crippen LogP contribution in [0.4, 0.5) is 0 Å². The van der Waals surface area contributed by atoms with Gasteiger partial charge in [0.25, 0.3) is 5.89 Å². The second-order valence-corrected chi connectivity index (χ2v) is 10.5. The molecule has 2 unspecified atom stereocenters. The first-order valence-corrected chi connectivity index (χ1v) is 13.4. The van der Waals surface area contributed by atoms with E-state index in [4.69, 9.17) is 13.9 Å². The van der Waals surface area contributed by atoms with Gasteiger partial charge in [0.1, 0.15) is 0 Å². The van der Waals surface area contributed by atoms with E-state index in [1.165, 1.54) is 7.11 Å². The van der Waals surface area contributed by atoms with Crippen molar-refractivity contribution in [2.24, 2.45) is 5.92 Å². The molecule has 13 heteroatoms. The highest BCUT2D eigenvalue weighted by Crippen LogP contribution is 2.17. The fourth-order valence-corrected chi connectivity index (χ4v) is 5.46. The lowest BCUT2D eigenvalue weighted by Crippen LogP contribution is -2.47. The number of ether oxygens (including phenoxy) is 2. The van der Waals surface area contributed by atoms with Gasteiger partial charge in [-0.25, -0.2) is 8.42 Å². The lowest BCUT2D eigenvalue weighted by molar-refractivity contribution is -0.139. The summed E-state index contributed by atoms with van der Waals surface area (Å²) in [5.74, 6) is -4.10. The predicted molar refractivity (Wildman–Crippen MR) is 127 cm³/mol. The first kappa shape index (κ1) is 27.3. The molecular weight excluding hydrogens is 492 g/mol. The quantitative estimate of drug-likeness (QED) is 0.392. The van der Waals surface area contributed by atoms with Crippen molar-refractivity contribution >= 4 is 27.4 Å². The minimum atomic E-state index is -3.77. The number of carbonyl (C=O) groups excluding carboxylic acids is 3. The zero-order valence-corrected chi connectivity index (χ0v) is 21.0. The number of amides is 2. The Kier molecular flexibility index (Phi) is 9.53. The van der Waals surface area contributed by atoms with Crippen molar-refractivity contribution in [3.05, 3.63) is 41.8 Å². The summed E-state index contributed by atoms with van der Waals surface area (Å²) in [6.07, 6.45) is -0.352. The Balaban J connectivity index is 1.76. The Morgan fingerprint density at radius 1 is 1.14 bits per heavy atom. The van der Waals surface area contributed by atoms with Crippen molar-refractivity contribution in [1.29, 1.82) is 0 Å². The molecule has 1 aliphatic heterocycles. The molecule has 1 aromatic heterocycles. The van der Waals surface area contributed by atoms with Gasteiger partial charge in [0.2, 0.25) is 17.6 Å². The molecule has 3 rings (SSSR count). The largest absolute Gasteiger partial charge is 0.452 e. The molecule has 0 spiro atoms. The van der Waals surface area contributed by atoms with E-state index in [0.29, 0.717) is 31.9 Å². The highest BCUT2D eigenvalue weighted by Gasteiger charge is 2.33. The highest BCUT2D eigenvalue weighted by atomic mass is 32.2. The summed E-state index contributed by atoms with van der Waals surface area (Å²) in [5.41, 5.74) is 0.572. The average molecular weight is 523 g/mol. The Morgan fingerprint density at radius 3 is 2.44 bits per heavy atom. The standard InChI is InChI=1S/C23H30N4O8S/c1-3-18(20(29)22-25-26-23(33-2)35-22)24-21(30)17(13-19(28)27-9-11-34-12-10-27)15-36(31,32)14-16-7-5-4-6-8-16/h4-8,17-18H,3,9-15H2,1-2H3,(H,24,30). The van der Waals surface area contributed by atoms with Crippen molar-refractivity contribution in [3.8, 4) is 6.08 Å². The fourth-order valence-electron chi connectivity index (χ4n) is 3.76. The number of hydrogen-bond donors (Lipinski definition) is 1. The molecule has 1 aromatic carbocycles. The molecule has 1 fully saturated rings. The van der Waals surface area contributed by atoms with Gasteiger partial charge in [0, 0.05) is 19.5 Å². The van der Waals surface area contributed by atoms with E-state index in [1.807, 2.05) is 0 Å². The molecule has 2 aromatic rings. The number of morpholine rings is 1. The van der Waals surface area contributed by atoms with Gasteiger partial charge in [0.15, 0.2) is 9.84 Å². The van der Waals surface area contributed by atoms with E-state index >= 15 is 0 Å². The number of aromatic nitrogens is 2. The lowest BCUT2D eigenvalue weighted by Gasteiger charge is -2.28. The van der Waals surface area contributed by atoms with Crippen LogP contribution in [0.3, 0.4) is 0 Å². The fraction of sp³-hybridized carbons (Fsp3) is 0.522. The summed E-state index contributed by atoms with van der Waals surface area (Å²) >= 11 is 0. The van der Waals surface area contributed by atoms with Gasteiger partial charge in [-0.1, -0.05) is 42.4 Å². The molecular formula is C23H30N4O8S. The maximum atomic E-state index is 13.2. The van der Waals surface area contributed by atoms with Gasteiger partial charge < -0.3 is 24.1 Å². The normalized spacial score (nSPS) is 15.7. The van der Waals surface area contributed by atoms with Crippen LogP contribution in [0.5, 0.6) is 6.08 Å². The van der Waals surface area contributed by atoms with Crippen LogP contribution in [0.15, 0.2) is 34.7 Å². The van der Waals surface area contributed by atoms with Crippen LogP contribution in [0.1, 0.15) is 36.0 Å². The molecule has 2 heterocycles. The maximum absolute atomic E-state index is 13.2. The van der Waals surface area contributed by atoms with E-state index < -0.39 is 39.2 Å². The Labute approximate surface area is 209 Å². The average Bonchev–Trinajstić information content (AvgIpc) is 3.36. The minimum absolute atomic E-state index is 0.177. The molecule has 1 saturated heterocycles. The molecule has 0 aliphatic carbocycles. The minimum Gasteiger partial charge on any atom is -0.452 e. The number of Topliss-reactive ketones (excluding diaryl/α,β-unsaturated/α-hetero) is 1. The number of carbonyl (C=O) groups is 3. The number of benzene rings is 1. The summed E-state index contributed by atoms with van der Waals surface area (Å²) in [4.78, 5) is 40.5. The van der Waals surface area contributed by atoms with E-state index in [2.05, 4.69) is 15.5 Å². The van der Waals surface area contributed by atoms with Gasteiger partial charge in [0.05, 0.1) is 43.8 Å². The second-order valence-electron chi connectivity index (χ2n) is 8.35. The van der Waals surface area contributed by atoms with E-state index in [9.17, 15) is 22.8 Å².